The van der Waals surface area contributed by atoms with E-state index < -0.39 is 0 Å². The van der Waals surface area contributed by atoms with Crippen LogP contribution in [0.2, 0.25) is 0 Å². The average Bonchev–Trinajstić information content (AvgIpc) is 2.43. The van der Waals surface area contributed by atoms with Crippen LogP contribution in [0.15, 0.2) is 0 Å². The molecule has 0 bridgehead atoms. The third kappa shape index (κ3) is 14.6. The van der Waals surface area contributed by atoms with Crippen molar-refractivity contribution < 1.29 is 19.1 Å². The summed E-state index contributed by atoms with van der Waals surface area (Å²) in [5.74, 6) is 0.0594. The summed E-state index contributed by atoms with van der Waals surface area (Å²) in [6.45, 7) is 15.2. The van der Waals surface area contributed by atoms with Gasteiger partial charge in [-0.3, -0.25) is 9.59 Å². The Morgan fingerprint density at radius 2 is 1.38 bits per heavy atom. The Morgan fingerprint density at radius 1 is 0.792 bits per heavy atom. The van der Waals surface area contributed by atoms with Crippen LogP contribution >= 0.6 is 0 Å². The van der Waals surface area contributed by atoms with Crippen molar-refractivity contribution in [3.05, 3.63) is 0 Å². The second kappa shape index (κ2) is 11.6. The quantitative estimate of drug-likeness (QED) is 0.529. The molecule has 0 radical (unpaired) electrons. The minimum absolute atomic E-state index is 0.0907. The molecule has 0 aliphatic carbocycles. The molecule has 0 spiro atoms. The van der Waals surface area contributed by atoms with Crippen molar-refractivity contribution in [2.45, 2.75) is 59.9 Å². The number of ether oxygens (including phenoxy) is 2. The van der Waals surface area contributed by atoms with Crippen molar-refractivity contribution >= 4 is 11.7 Å². The van der Waals surface area contributed by atoms with Crippen LogP contribution in [0.1, 0.15) is 54.4 Å². The molecule has 0 atom stereocenters. The summed E-state index contributed by atoms with van der Waals surface area (Å²) in [5, 5.41) is 6.07. The van der Waals surface area contributed by atoms with Crippen molar-refractivity contribution in [1.29, 1.82) is 0 Å². The molecule has 0 saturated heterocycles. The van der Waals surface area contributed by atoms with E-state index in [4.69, 9.17) is 9.47 Å². The number of nitrogens with one attached hydrogen (secondary N) is 2. The van der Waals surface area contributed by atoms with E-state index in [2.05, 4.69) is 31.4 Å². The summed E-state index contributed by atoms with van der Waals surface area (Å²) >= 11 is 0. The van der Waals surface area contributed by atoms with Crippen LogP contribution in [-0.4, -0.2) is 56.7 Å². The first-order valence-corrected chi connectivity index (χ1v) is 8.73. The van der Waals surface area contributed by atoms with Gasteiger partial charge in [-0.25, -0.2) is 0 Å². The van der Waals surface area contributed by atoms with E-state index >= 15 is 0 Å². The largest absolute Gasteiger partial charge is 0.379 e. The molecule has 0 aromatic rings. The molecule has 0 aromatic heterocycles. The van der Waals surface area contributed by atoms with Gasteiger partial charge in [-0.05, 0) is 20.8 Å². The monoisotopic (exact) mass is 344 g/mol. The van der Waals surface area contributed by atoms with Crippen molar-refractivity contribution in [2.75, 3.05) is 39.5 Å². The van der Waals surface area contributed by atoms with Gasteiger partial charge in [0.05, 0.1) is 26.4 Å². The van der Waals surface area contributed by atoms with E-state index in [9.17, 15) is 9.59 Å². The highest BCUT2D eigenvalue weighted by atomic mass is 16.5. The van der Waals surface area contributed by atoms with Crippen LogP contribution in [-0.2, 0) is 19.1 Å². The number of hydrogen-bond donors (Lipinski definition) is 2. The first-order chi connectivity index (χ1) is 11.0. The molecule has 0 unspecified atom stereocenters. The van der Waals surface area contributed by atoms with Crippen molar-refractivity contribution in [3.63, 3.8) is 0 Å². The maximum atomic E-state index is 11.7. The Hall–Kier alpha value is -0.980. The fourth-order valence-corrected chi connectivity index (χ4v) is 1.76. The lowest BCUT2D eigenvalue weighted by molar-refractivity contribution is -0.126. The second-order valence-corrected chi connectivity index (χ2v) is 7.92. The van der Waals surface area contributed by atoms with E-state index in [-0.39, 0.29) is 22.6 Å². The molecule has 0 aromatic carbocycles. The molecular weight excluding hydrogens is 308 g/mol. The fraction of sp³-hybridized carbons (Fsp3) is 0.889. The minimum Gasteiger partial charge on any atom is -0.379 e. The zero-order valence-corrected chi connectivity index (χ0v) is 16.3. The molecule has 142 valence electrons. The van der Waals surface area contributed by atoms with Crippen LogP contribution in [0.25, 0.3) is 0 Å². The molecule has 1 amide bonds. The maximum absolute atomic E-state index is 11.7. The van der Waals surface area contributed by atoms with Crippen LogP contribution in [0.3, 0.4) is 0 Å². The van der Waals surface area contributed by atoms with E-state index in [1.807, 2.05) is 20.8 Å². The summed E-state index contributed by atoms with van der Waals surface area (Å²) in [7, 11) is 0. The first kappa shape index (κ1) is 23.0. The van der Waals surface area contributed by atoms with E-state index in [1.54, 1.807) is 0 Å². The third-order valence-electron chi connectivity index (χ3n) is 3.26. The predicted octanol–water partition coefficient (Wildman–Crippen LogP) is 1.92. The Balaban J connectivity index is 3.43. The topological polar surface area (TPSA) is 76.7 Å². The lowest BCUT2D eigenvalue weighted by Crippen LogP contribution is -2.38. The van der Waals surface area contributed by atoms with Gasteiger partial charge in [-0.1, -0.05) is 20.8 Å². The van der Waals surface area contributed by atoms with Crippen molar-refractivity contribution in [1.82, 2.24) is 10.6 Å². The standard InChI is InChI=1S/C18H36N2O4/c1-17(2,3)15(21)7-9-19-16(22)8-11-23-13-14-24-12-10-20-18(4,5)6/h20H,7-14H2,1-6H3,(H,19,22). The minimum atomic E-state index is -0.351. The molecule has 0 fully saturated rings. The highest BCUT2D eigenvalue weighted by Gasteiger charge is 2.20. The fourth-order valence-electron chi connectivity index (χ4n) is 1.76. The van der Waals surface area contributed by atoms with Gasteiger partial charge in [0.2, 0.25) is 5.91 Å². The van der Waals surface area contributed by atoms with Crippen molar-refractivity contribution in [3.8, 4) is 0 Å². The average molecular weight is 344 g/mol. The molecule has 0 rings (SSSR count). The SMILES string of the molecule is CC(C)(C)NCCOCCOCCC(=O)NCCC(=O)C(C)(C)C. The molecule has 0 aliphatic heterocycles. The third-order valence-corrected chi connectivity index (χ3v) is 3.26. The van der Waals surface area contributed by atoms with Gasteiger partial charge in [0, 0.05) is 36.9 Å². The zero-order chi connectivity index (χ0) is 18.6. The molecular formula is C18H36N2O4. The molecule has 0 aliphatic rings. The Bertz CT molecular complexity index is 370. The molecule has 2 N–H and O–H groups in total. The number of Topliss-reactive ketones (excluding diaryl/α,β-unsaturated/α-hetero) is 1. The summed E-state index contributed by atoms with van der Waals surface area (Å²) in [5.41, 5.74) is -0.249. The number of amides is 1. The smallest absolute Gasteiger partial charge is 0.222 e. The maximum Gasteiger partial charge on any atom is 0.222 e. The summed E-state index contributed by atoms with van der Waals surface area (Å²) in [4.78, 5) is 23.3. The summed E-state index contributed by atoms with van der Waals surface area (Å²) in [6.07, 6.45) is 0.668. The molecule has 24 heavy (non-hydrogen) atoms. The van der Waals surface area contributed by atoms with Crippen LogP contribution < -0.4 is 10.6 Å². The van der Waals surface area contributed by atoms with E-state index in [0.29, 0.717) is 45.8 Å². The Morgan fingerprint density at radius 3 is 1.92 bits per heavy atom. The second-order valence-electron chi connectivity index (χ2n) is 7.92. The molecule has 6 heteroatoms. The van der Waals surface area contributed by atoms with Gasteiger partial charge in [0.1, 0.15) is 5.78 Å². The Kier molecular flexibility index (Phi) is 11.1. The van der Waals surface area contributed by atoms with Crippen LogP contribution in [0, 0.1) is 5.41 Å². The molecule has 0 saturated carbocycles. The Labute approximate surface area is 147 Å². The van der Waals surface area contributed by atoms with Crippen LogP contribution in [0.4, 0.5) is 0 Å². The first-order valence-electron chi connectivity index (χ1n) is 8.73. The lowest BCUT2D eigenvalue weighted by Gasteiger charge is -2.20. The highest BCUT2D eigenvalue weighted by molar-refractivity contribution is 5.84. The predicted molar refractivity (Wildman–Crippen MR) is 96.1 cm³/mol. The summed E-state index contributed by atoms with van der Waals surface area (Å²) in [6, 6.07) is 0. The number of carbonyl (C=O) groups is 2. The van der Waals surface area contributed by atoms with Crippen LogP contribution in [0.5, 0.6) is 0 Å². The number of hydrogen-bond acceptors (Lipinski definition) is 5. The molecule has 0 heterocycles. The van der Waals surface area contributed by atoms with Crippen molar-refractivity contribution in [2.24, 2.45) is 5.41 Å². The van der Waals surface area contributed by atoms with Gasteiger partial charge in [-0.2, -0.15) is 0 Å². The van der Waals surface area contributed by atoms with Gasteiger partial charge < -0.3 is 20.1 Å². The molecule has 6 nitrogen and oxygen atoms in total. The van der Waals surface area contributed by atoms with E-state index in [0.717, 1.165) is 6.54 Å². The highest BCUT2D eigenvalue weighted by Crippen LogP contribution is 2.15. The van der Waals surface area contributed by atoms with E-state index in [1.165, 1.54) is 0 Å². The van der Waals surface area contributed by atoms with Gasteiger partial charge in [-0.15, -0.1) is 0 Å². The zero-order valence-electron chi connectivity index (χ0n) is 16.3. The summed E-state index contributed by atoms with van der Waals surface area (Å²) < 4.78 is 10.8. The number of ketones is 1. The van der Waals surface area contributed by atoms with Gasteiger partial charge >= 0.3 is 0 Å². The normalized spacial score (nSPS) is 12.2. The van der Waals surface area contributed by atoms with Gasteiger partial charge in [0.25, 0.3) is 0 Å². The number of rotatable bonds is 12. The lowest BCUT2D eigenvalue weighted by atomic mass is 9.89. The van der Waals surface area contributed by atoms with Gasteiger partial charge in [0.15, 0.2) is 0 Å². The number of carbonyl (C=O) groups excluding carboxylic acids is 2.